The van der Waals surface area contributed by atoms with Gasteiger partial charge in [-0.15, -0.1) is 0 Å². The summed E-state index contributed by atoms with van der Waals surface area (Å²) in [7, 11) is 0. The number of benzene rings is 1. The number of aliphatic hydroxyl groups excluding tert-OH is 1. The largest absolute Gasteiger partial charge is 0.392 e. The van der Waals surface area contributed by atoms with Crippen LogP contribution in [0.1, 0.15) is 37.2 Å². The predicted molar refractivity (Wildman–Crippen MR) is 80.9 cm³/mol. The Morgan fingerprint density at radius 3 is 2.47 bits per heavy atom. The second-order valence-electron chi connectivity index (χ2n) is 6.22. The fourth-order valence-corrected chi connectivity index (χ4v) is 4.46. The van der Waals surface area contributed by atoms with Crippen molar-refractivity contribution >= 4 is 15.9 Å². The Morgan fingerprint density at radius 1 is 1.21 bits per heavy atom. The zero-order valence-electron chi connectivity index (χ0n) is 11.1. The van der Waals surface area contributed by atoms with E-state index in [0.717, 1.165) is 16.3 Å². The summed E-state index contributed by atoms with van der Waals surface area (Å²) in [4.78, 5) is 0. The Labute approximate surface area is 123 Å². The number of nitrogens with two attached hydrogens (primary N) is 1. The molecule has 3 N–H and O–H groups in total. The van der Waals surface area contributed by atoms with Crippen LogP contribution in [0, 0.1) is 17.8 Å². The fraction of sp³-hybridized carbons (Fsp3) is 0.625. The van der Waals surface area contributed by atoms with Gasteiger partial charge in [0.2, 0.25) is 0 Å². The lowest BCUT2D eigenvalue weighted by Crippen LogP contribution is -2.35. The molecule has 0 spiro atoms. The van der Waals surface area contributed by atoms with E-state index in [9.17, 15) is 5.11 Å². The molecule has 0 radical (unpaired) electrons. The third kappa shape index (κ3) is 2.61. The van der Waals surface area contributed by atoms with Gasteiger partial charge in [-0.25, -0.2) is 0 Å². The molecule has 3 rings (SSSR count). The van der Waals surface area contributed by atoms with Gasteiger partial charge in [0.05, 0.1) is 6.10 Å². The van der Waals surface area contributed by atoms with Gasteiger partial charge in [0.1, 0.15) is 0 Å². The molecule has 2 aliphatic rings. The maximum atomic E-state index is 10.8. The molecule has 2 bridgehead atoms. The zero-order chi connectivity index (χ0) is 13.4. The molecule has 19 heavy (non-hydrogen) atoms. The van der Waals surface area contributed by atoms with Crippen LogP contribution in [-0.2, 0) is 0 Å². The molecular weight excluding hydrogens is 302 g/mol. The number of rotatable bonds is 4. The summed E-state index contributed by atoms with van der Waals surface area (Å²) < 4.78 is 1.07. The number of aliphatic hydroxyl groups is 1. The van der Waals surface area contributed by atoms with E-state index in [1.807, 2.05) is 12.1 Å². The van der Waals surface area contributed by atoms with E-state index in [1.54, 1.807) is 0 Å². The highest BCUT2D eigenvalue weighted by molar-refractivity contribution is 9.10. The van der Waals surface area contributed by atoms with Crippen LogP contribution in [-0.4, -0.2) is 17.8 Å². The van der Waals surface area contributed by atoms with E-state index in [-0.39, 0.29) is 12.0 Å². The van der Waals surface area contributed by atoms with Gasteiger partial charge < -0.3 is 10.8 Å². The first-order valence-corrected chi connectivity index (χ1v) is 8.12. The van der Waals surface area contributed by atoms with Crippen molar-refractivity contribution < 1.29 is 5.11 Å². The summed E-state index contributed by atoms with van der Waals surface area (Å²) >= 11 is 3.45. The molecule has 1 aromatic rings. The summed E-state index contributed by atoms with van der Waals surface area (Å²) in [6.07, 6.45) is 4.95. The molecule has 1 aromatic carbocycles. The number of fused-ring (bicyclic) bond motifs is 2. The Morgan fingerprint density at radius 2 is 1.95 bits per heavy atom. The molecule has 104 valence electrons. The second kappa shape index (κ2) is 5.55. The monoisotopic (exact) mass is 323 g/mol. The van der Waals surface area contributed by atoms with Crippen molar-refractivity contribution in [3.05, 3.63) is 34.3 Å². The van der Waals surface area contributed by atoms with Crippen LogP contribution < -0.4 is 5.73 Å². The van der Waals surface area contributed by atoms with Crippen molar-refractivity contribution in [2.45, 2.75) is 37.7 Å². The summed E-state index contributed by atoms with van der Waals surface area (Å²) in [5.74, 6) is 2.16. The van der Waals surface area contributed by atoms with E-state index in [4.69, 9.17) is 5.73 Å². The summed E-state index contributed by atoms with van der Waals surface area (Å²) in [5.41, 5.74) is 7.11. The standard InChI is InChI=1S/C16H22BrNO/c17-13-5-3-11(4-6-13)15(9-18)16(19)14-8-10-1-2-12(14)7-10/h3-6,10,12,14-16,19H,1-2,7-9,18H2. The molecule has 3 heteroatoms. The van der Waals surface area contributed by atoms with Gasteiger partial charge >= 0.3 is 0 Å². The van der Waals surface area contributed by atoms with E-state index in [0.29, 0.717) is 12.5 Å². The highest BCUT2D eigenvalue weighted by Crippen LogP contribution is 2.51. The van der Waals surface area contributed by atoms with Gasteiger partial charge in [0, 0.05) is 16.9 Å². The minimum atomic E-state index is -0.276. The van der Waals surface area contributed by atoms with Gasteiger partial charge in [-0.1, -0.05) is 34.5 Å². The fourth-order valence-electron chi connectivity index (χ4n) is 4.19. The first-order chi connectivity index (χ1) is 9.19. The minimum Gasteiger partial charge on any atom is -0.392 e. The average molecular weight is 324 g/mol. The van der Waals surface area contributed by atoms with Crippen molar-refractivity contribution in [2.75, 3.05) is 6.54 Å². The molecule has 0 amide bonds. The van der Waals surface area contributed by atoms with Crippen molar-refractivity contribution in [1.29, 1.82) is 0 Å². The van der Waals surface area contributed by atoms with Gasteiger partial charge in [0.25, 0.3) is 0 Å². The molecule has 0 aromatic heterocycles. The van der Waals surface area contributed by atoms with Gasteiger partial charge in [-0.3, -0.25) is 0 Å². The third-order valence-electron chi connectivity index (χ3n) is 5.20. The van der Waals surface area contributed by atoms with Crippen LogP contribution in [0.2, 0.25) is 0 Å². The van der Waals surface area contributed by atoms with E-state index in [2.05, 4.69) is 28.1 Å². The zero-order valence-corrected chi connectivity index (χ0v) is 12.7. The van der Waals surface area contributed by atoms with Crippen LogP contribution in [0.25, 0.3) is 0 Å². The summed E-state index contributed by atoms with van der Waals surface area (Å²) in [5, 5.41) is 10.8. The second-order valence-corrected chi connectivity index (χ2v) is 7.14. The third-order valence-corrected chi connectivity index (χ3v) is 5.72. The van der Waals surface area contributed by atoms with Crippen molar-refractivity contribution in [3.8, 4) is 0 Å². The molecule has 5 atom stereocenters. The lowest BCUT2D eigenvalue weighted by Gasteiger charge is -2.32. The highest BCUT2D eigenvalue weighted by atomic mass is 79.9. The lowest BCUT2D eigenvalue weighted by molar-refractivity contribution is 0.0532. The van der Waals surface area contributed by atoms with Crippen LogP contribution in [0.3, 0.4) is 0 Å². The minimum absolute atomic E-state index is 0.0810. The number of hydrogen-bond donors (Lipinski definition) is 2. The summed E-state index contributed by atoms with van der Waals surface area (Å²) in [6.45, 7) is 0.524. The van der Waals surface area contributed by atoms with E-state index >= 15 is 0 Å². The molecule has 0 aliphatic heterocycles. The van der Waals surface area contributed by atoms with Crippen LogP contribution >= 0.6 is 15.9 Å². The van der Waals surface area contributed by atoms with Crippen LogP contribution in [0.5, 0.6) is 0 Å². The van der Waals surface area contributed by atoms with E-state index in [1.165, 1.54) is 31.2 Å². The molecule has 2 nitrogen and oxygen atoms in total. The molecule has 5 unspecified atom stereocenters. The Bertz CT molecular complexity index is 433. The smallest absolute Gasteiger partial charge is 0.0651 e. The SMILES string of the molecule is NCC(c1ccc(Br)cc1)C(O)C1CC2CCC1C2. The lowest BCUT2D eigenvalue weighted by atomic mass is 9.77. The van der Waals surface area contributed by atoms with Gasteiger partial charge in [-0.05, 0) is 54.7 Å². The van der Waals surface area contributed by atoms with Gasteiger partial charge in [0.15, 0.2) is 0 Å². The predicted octanol–water partition coefficient (Wildman–Crippen LogP) is 3.29. The Hall–Kier alpha value is -0.380. The van der Waals surface area contributed by atoms with Crippen LogP contribution in [0.15, 0.2) is 28.7 Å². The highest BCUT2D eigenvalue weighted by Gasteiger charge is 2.44. The maximum Gasteiger partial charge on any atom is 0.0651 e. The molecule has 0 heterocycles. The first-order valence-electron chi connectivity index (χ1n) is 7.32. The van der Waals surface area contributed by atoms with Gasteiger partial charge in [-0.2, -0.15) is 0 Å². The normalized spacial score (nSPS) is 32.5. The van der Waals surface area contributed by atoms with Crippen molar-refractivity contribution in [3.63, 3.8) is 0 Å². The van der Waals surface area contributed by atoms with E-state index < -0.39 is 0 Å². The quantitative estimate of drug-likeness (QED) is 0.893. The Balaban J connectivity index is 1.76. The van der Waals surface area contributed by atoms with Crippen molar-refractivity contribution in [1.82, 2.24) is 0 Å². The maximum absolute atomic E-state index is 10.8. The molecular formula is C16H22BrNO. The average Bonchev–Trinajstić information content (AvgIpc) is 3.04. The number of hydrogen-bond acceptors (Lipinski definition) is 2. The number of halogens is 1. The molecule has 2 fully saturated rings. The Kier molecular flexibility index (Phi) is 3.97. The first kappa shape index (κ1) is 13.6. The molecule has 0 saturated heterocycles. The van der Waals surface area contributed by atoms with Crippen LogP contribution in [0.4, 0.5) is 0 Å². The molecule has 2 saturated carbocycles. The topological polar surface area (TPSA) is 46.2 Å². The van der Waals surface area contributed by atoms with Crippen molar-refractivity contribution in [2.24, 2.45) is 23.5 Å². The molecule has 2 aliphatic carbocycles. The summed E-state index contributed by atoms with van der Waals surface area (Å²) in [6, 6.07) is 8.23.